The summed E-state index contributed by atoms with van der Waals surface area (Å²) in [5.41, 5.74) is 0. The molecule has 2 heterocycles. The normalized spacial score (nSPS) is 21.9. The van der Waals surface area contributed by atoms with Gasteiger partial charge >= 0.3 is 5.97 Å². The number of nitrogens with zero attached hydrogens (tertiary/aromatic N) is 1. The van der Waals surface area contributed by atoms with E-state index in [0.29, 0.717) is 10.1 Å². The minimum absolute atomic E-state index is 0.0142. The SMILES string of the molecule is O=C(O)[C@@H]1C[C@@H](O)CN1C(=O)c1cc2c(F)cccc2s1. The number of aliphatic hydroxyl groups is 1. The van der Waals surface area contributed by atoms with E-state index in [1.54, 1.807) is 12.1 Å². The topological polar surface area (TPSA) is 77.8 Å². The second-order valence-electron chi connectivity index (χ2n) is 4.96. The Morgan fingerprint density at radius 1 is 1.38 bits per heavy atom. The van der Waals surface area contributed by atoms with Crippen LogP contribution in [0.5, 0.6) is 0 Å². The van der Waals surface area contributed by atoms with E-state index in [-0.39, 0.29) is 17.8 Å². The van der Waals surface area contributed by atoms with Crippen molar-refractivity contribution >= 4 is 33.3 Å². The maximum Gasteiger partial charge on any atom is 0.326 e. The van der Waals surface area contributed by atoms with Crippen molar-refractivity contribution in [3.05, 3.63) is 35.0 Å². The van der Waals surface area contributed by atoms with Crippen molar-refractivity contribution in [2.45, 2.75) is 18.6 Å². The highest BCUT2D eigenvalue weighted by Crippen LogP contribution is 2.30. The van der Waals surface area contributed by atoms with Gasteiger partial charge in [0.1, 0.15) is 11.9 Å². The van der Waals surface area contributed by atoms with E-state index >= 15 is 0 Å². The number of benzene rings is 1. The summed E-state index contributed by atoms with van der Waals surface area (Å²) in [6, 6.07) is 4.96. The lowest BCUT2D eigenvalue weighted by Crippen LogP contribution is -2.40. The van der Waals surface area contributed by atoms with Gasteiger partial charge in [0.05, 0.1) is 11.0 Å². The summed E-state index contributed by atoms with van der Waals surface area (Å²) >= 11 is 1.12. The molecule has 2 aromatic rings. The van der Waals surface area contributed by atoms with Crippen LogP contribution in [-0.2, 0) is 4.79 Å². The molecule has 0 bridgehead atoms. The molecule has 2 N–H and O–H groups in total. The number of aliphatic carboxylic acids is 1. The number of β-amino-alcohol motifs (C(OH)–C–C–N with tert-alkyl or cyclic N) is 1. The van der Waals surface area contributed by atoms with E-state index in [1.807, 2.05) is 0 Å². The van der Waals surface area contributed by atoms with Gasteiger partial charge in [-0.05, 0) is 18.2 Å². The number of carboxylic acids is 1. The molecule has 1 aliphatic rings. The summed E-state index contributed by atoms with van der Waals surface area (Å²) in [6.07, 6.45) is -0.832. The Morgan fingerprint density at radius 3 is 2.81 bits per heavy atom. The molecule has 1 aromatic carbocycles. The van der Waals surface area contributed by atoms with Gasteiger partial charge in [-0.3, -0.25) is 4.79 Å². The molecule has 1 fully saturated rings. The number of carbonyl (C=O) groups excluding carboxylic acids is 1. The van der Waals surface area contributed by atoms with Crippen molar-refractivity contribution in [2.75, 3.05) is 6.54 Å². The van der Waals surface area contributed by atoms with E-state index in [1.165, 1.54) is 12.1 Å². The predicted molar refractivity (Wildman–Crippen MR) is 74.9 cm³/mol. The lowest BCUT2D eigenvalue weighted by atomic mass is 10.2. The van der Waals surface area contributed by atoms with E-state index in [0.717, 1.165) is 16.2 Å². The van der Waals surface area contributed by atoms with Gasteiger partial charge in [-0.1, -0.05) is 6.07 Å². The standard InChI is InChI=1S/C14H12FNO4S/c15-9-2-1-3-11-8(9)5-12(21-11)13(18)16-6-7(17)4-10(16)14(19)20/h1-3,5,7,10,17H,4,6H2,(H,19,20)/t7-,10+/m1/s1. The number of hydrogen-bond donors (Lipinski definition) is 2. The number of thiophene rings is 1. The highest BCUT2D eigenvalue weighted by molar-refractivity contribution is 7.20. The Bertz CT molecular complexity index is 729. The largest absolute Gasteiger partial charge is 0.480 e. The van der Waals surface area contributed by atoms with Crippen LogP contribution in [0.15, 0.2) is 24.3 Å². The quantitative estimate of drug-likeness (QED) is 0.885. The van der Waals surface area contributed by atoms with Crippen LogP contribution in [-0.4, -0.2) is 45.7 Å². The molecular formula is C14H12FNO4S. The number of aliphatic hydroxyl groups excluding tert-OH is 1. The molecule has 1 aromatic heterocycles. The number of amides is 1. The first-order valence-corrected chi connectivity index (χ1v) is 7.19. The van der Waals surface area contributed by atoms with Crippen molar-refractivity contribution in [1.29, 1.82) is 0 Å². The van der Waals surface area contributed by atoms with Gasteiger partial charge in [-0.2, -0.15) is 0 Å². The van der Waals surface area contributed by atoms with Crippen LogP contribution in [0.4, 0.5) is 4.39 Å². The number of fused-ring (bicyclic) bond motifs is 1. The molecule has 0 spiro atoms. The Hall–Kier alpha value is -1.99. The molecule has 21 heavy (non-hydrogen) atoms. The molecule has 1 aliphatic heterocycles. The zero-order chi connectivity index (χ0) is 15.1. The first-order chi connectivity index (χ1) is 9.97. The monoisotopic (exact) mass is 309 g/mol. The Labute approximate surface area is 123 Å². The average molecular weight is 309 g/mol. The maximum absolute atomic E-state index is 13.7. The van der Waals surface area contributed by atoms with Crippen LogP contribution < -0.4 is 0 Å². The van der Waals surface area contributed by atoms with Crippen LogP contribution in [0.1, 0.15) is 16.1 Å². The number of halogens is 1. The lowest BCUT2D eigenvalue weighted by Gasteiger charge is -2.20. The number of hydrogen-bond acceptors (Lipinski definition) is 4. The average Bonchev–Trinajstić information content (AvgIpc) is 3.02. The second-order valence-corrected chi connectivity index (χ2v) is 6.05. The van der Waals surface area contributed by atoms with Gasteiger partial charge in [0, 0.05) is 23.1 Å². The first kappa shape index (κ1) is 14.0. The van der Waals surface area contributed by atoms with Gasteiger partial charge in [-0.15, -0.1) is 11.3 Å². The molecule has 7 heteroatoms. The Balaban J connectivity index is 1.96. The third kappa shape index (κ3) is 2.38. The molecule has 0 unspecified atom stereocenters. The second kappa shape index (κ2) is 5.09. The van der Waals surface area contributed by atoms with Crippen LogP contribution in [0.2, 0.25) is 0 Å². The van der Waals surface area contributed by atoms with Gasteiger partial charge in [0.2, 0.25) is 0 Å². The first-order valence-electron chi connectivity index (χ1n) is 6.37. The number of carbonyl (C=O) groups is 2. The van der Waals surface area contributed by atoms with Crippen molar-refractivity contribution in [3.8, 4) is 0 Å². The van der Waals surface area contributed by atoms with Crippen LogP contribution in [0.25, 0.3) is 10.1 Å². The predicted octanol–water partition coefficient (Wildman–Crippen LogP) is 1.70. The summed E-state index contributed by atoms with van der Waals surface area (Å²) in [4.78, 5) is 25.0. The van der Waals surface area contributed by atoms with Crippen LogP contribution in [0.3, 0.4) is 0 Å². The highest BCUT2D eigenvalue weighted by Gasteiger charge is 2.39. The molecule has 3 rings (SSSR count). The minimum atomic E-state index is -1.15. The fourth-order valence-corrected chi connectivity index (χ4v) is 3.58. The van der Waals surface area contributed by atoms with Crippen molar-refractivity contribution in [3.63, 3.8) is 0 Å². The number of carboxylic acid groups (broad SMARTS) is 1. The summed E-state index contributed by atoms with van der Waals surface area (Å²) in [5, 5.41) is 19.0. The van der Waals surface area contributed by atoms with Gasteiger partial charge in [0.25, 0.3) is 5.91 Å². The third-order valence-electron chi connectivity index (χ3n) is 3.54. The third-order valence-corrected chi connectivity index (χ3v) is 4.63. The molecule has 2 atom stereocenters. The van der Waals surface area contributed by atoms with Crippen LogP contribution in [0, 0.1) is 5.82 Å². The fraction of sp³-hybridized carbons (Fsp3) is 0.286. The zero-order valence-corrected chi connectivity index (χ0v) is 11.6. The molecule has 110 valence electrons. The number of likely N-dealkylation sites (tertiary alicyclic amines) is 1. The molecule has 1 saturated heterocycles. The van der Waals surface area contributed by atoms with Gasteiger partial charge in [0.15, 0.2) is 0 Å². The minimum Gasteiger partial charge on any atom is -0.480 e. The lowest BCUT2D eigenvalue weighted by molar-refractivity contribution is -0.141. The van der Waals surface area contributed by atoms with Crippen molar-refractivity contribution in [2.24, 2.45) is 0 Å². The molecule has 1 amide bonds. The molecular weight excluding hydrogens is 297 g/mol. The highest BCUT2D eigenvalue weighted by atomic mass is 32.1. The number of rotatable bonds is 2. The fourth-order valence-electron chi connectivity index (χ4n) is 2.54. The molecule has 0 aliphatic carbocycles. The van der Waals surface area contributed by atoms with Crippen LogP contribution >= 0.6 is 11.3 Å². The van der Waals surface area contributed by atoms with Gasteiger partial charge < -0.3 is 15.1 Å². The summed E-state index contributed by atoms with van der Waals surface area (Å²) in [6.45, 7) is -0.0213. The molecule has 0 saturated carbocycles. The smallest absolute Gasteiger partial charge is 0.326 e. The van der Waals surface area contributed by atoms with E-state index in [9.17, 15) is 19.1 Å². The maximum atomic E-state index is 13.7. The summed E-state index contributed by atoms with van der Waals surface area (Å²) in [7, 11) is 0. The van der Waals surface area contributed by atoms with E-state index in [2.05, 4.69) is 0 Å². The van der Waals surface area contributed by atoms with Crippen molar-refractivity contribution in [1.82, 2.24) is 4.90 Å². The van der Waals surface area contributed by atoms with Crippen molar-refractivity contribution < 1.29 is 24.2 Å². The molecule has 0 radical (unpaired) electrons. The Kier molecular flexibility index (Phi) is 3.38. The van der Waals surface area contributed by atoms with E-state index < -0.39 is 29.8 Å². The zero-order valence-electron chi connectivity index (χ0n) is 10.8. The molecule has 5 nitrogen and oxygen atoms in total. The van der Waals surface area contributed by atoms with E-state index in [4.69, 9.17) is 5.11 Å². The summed E-state index contributed by atoms with van der Waals surface area (Å²) < 4.78 is 14.3. The summed E-state index contributed by atoms with van der Waals surface area (Å²) in [5.74, 6) is -2.05. The van der Waals surface area contributed by atoms with Gasteiger partial charge in [-0.25, -0.2) is 9.18 Å². The Morgan fingerprint density at radius 2 is 2.14 bits per heavy atom.